The van der Waals surface area contributed by atoms with E-state index in [1.165, 1.54) is 48.8 Å². The van der Waals surface area contributed by atoms with Crippen molar-refractivity contribution in [3.05, 3.63) is 11.6 Å². The smallest absolute Gasteiger partial charge is 0.147 e. The highest BCUT2D eigenvalue weighted by Gasteiger charge is 2.17. The lowest BCUT2D eigenvalue weighted by Crippen LogP contribution is -2.22. The van der Waals surface area contributed by atoms with E-state index in [-0.39, 0.29) is 0 Å². The van der Waals surface area contributed by atoms with E-state index in [1.807, 2.05) is 0 Å². The highest BCUT2D eigenvalue weighted by molar-refractivity contribution is 8.17. The van der Waals surface area contributed by atoms with E-state index in [4.69, 9.17) is 9.47 Å². The van der Waals surface area contributed by atoms with Gasteiger partial charge in [-0.15, -0.1) is 23.5 Å². The molecule has 5 heteroatoms. The van der Waals surface area contributed by atoms with E-state index in [1.54, 1.807) is 0 Å². The summed E-state index contributed by atoms with van der Waals surface area (Å²) < 4.78 is 12.0. The lowest BCUT2D eigenvalue weighted by atomic mass is 10.0. The van der Waals surface area contributed by atoms with E-state index in [9.17, 15) is 0 Å². The molecule has 1 aliphatic heterocycles. The van der Waals surface area contributed by atoms with Crippen LogP contribution in [0.2, 0.25) is 25.7 Å². The minimum atomic E-state index is -0.979. The van der Waals surface area contributed by atoms with Gasteiger partial charge in [0.05, 0.1) is 11.2 Å². The minimum absolute atomic E-state index is 0.433. The minimum Gasteiger partial charge on any atom is -0.356 e. The van der Waals surface area contributed by atoms with Gasteiger partial charge in [0.25, 0.3) is 0 Å². The number of allylic oxidation sites excluding steroid dienone is 1. The Morgan fingerprint density at radius 2 is 1.92 bits per heavy atom. The van der Waals surface area contributed by atoms with E-state index >= 15 is 0 Å². The summed E-state index contributed by atoms with van der Waals surface area (Å²) in [6.45, 7) is 13.7. The Hall–Kier alpha value is 0.577. The fraction of sp³-hybridized carbons (Fsp3) is 0.895. The van der Waals surface area contributed by atoms with Gasteiger partial charge >= 0.3 is 0 Å². The molecule has 1 fully saturated rings. The van der Waals surface area contributed by atoms with Crippen molar-refractivity contribution >= 4 is 31.6 Å². The zero-order valence-corrected chi connectivity index (χ0v) is 19.1. The SMILES string of the molecule is C/C(=C\CC[C@H](C)CC1SCCCS1)COCOCC[Si](C)(C)C. The van der Waals surface area contributed by atoms with Crippen LogP contribution in [-0.2, 0) is 9.47 Å². The Labute approximate surface area is 159 Å². The van der Waals surface area contributed by atoms with Gasteiger partial charge in [-0.3, -0.25) is 0 Å². The summed E-state index contributed by atoms with van der Waals surface area (Å²) in [5, 5.41) is 0. The second-order valence-corrected chi connectivity index (χ2v) is 16.7. The van der Waals surface area contributed by atoms with Crippen molar-refractivity contribution in [3.8, 4) is 0 Å². The highest BCUT2D eigenvalue weighted by atomic mass is 32.2. The molecule has 1 atom stereocenters. The van der Waals surface area contributed by atoms with Crippen molar-refractivity contribution in [1.29, 1.82) is 0 Å². The van der Waals surface area contributed by atoms with Gasteiger partial charge in [0.2, 0.25) is 0 Å². The summed E-state index contributed by atoms with van der Waals surface area (Å²) in [7, 11) is -0.979. The van der Waals surface area contributed by atoms with Crippen LogP contribution < -0.4 is 0 Å². The second-order valence-electron chi connectivity index (χ2n) is 8.18. The summed E-state index contributed by atoms with van der Waals surface area (Å²) in [5.41, 5.74) is 1.33. The van der Waals surface area contributed by atoms with Crippen molar-refractivity contribution in [3.63, 3.8) is 0 Å². The molecule has 1 saturated heterocycles. The number of hydrogen-bond donors (Lipinski definition) is 0. The van der Waals surface area contributed by atoms with E-state index < -0.39 is 8.07 Å². The normalized spacial score (nSPS) is 18.8. The quantitative estimate of drug-likeness (QED) is 0.169. The van der Waals surface area contributed by atoms with Crippen LogP contribution in [0.15, 0.2) is 11.6 Å². The molecule has 0 radical (unpaired) electrons. The Kier molecular flexibility index (Phi) is 12.1. The molecule has 0 aromatic carbocycles. The molecule has 142 valence electrons. The topological polar surface area (TPSA) is 18.5 Å². The third kappa shape index (κ3) is 12.9. The third-order valence-corrected chi connectivity index (χ3v) is 8.83. The number of thioether (sulfide) groups is 2. The molecule has 2 nitrogen and oxygen atoms in total. The lowest BCUT2D eigenvalue weighted by molar-refractivity contribution is -0.0413. The van der Waals surface area contributed by atoms with Crippen molar-refractivity contribution in [2.24, 2.45) is 5.92 Å². The average Bonchev–Trinajstić information content (AvgIpc) is 2.50. The van der Waals surface area contributed by atoms with Crippen LogP contribution in [0.25, 0.3) is 0 Å². The summed E-state index contributed by atoms with van der Waals surface area (Å²) >= 11 is 4.33. The Bertz CT molecular complexity index is 350. The van der Waals surface area contributed by atoms with Crippen LogP contribution in [0, 0.1) is 5.92 Å². The largest absolute Gasteiger partial charge is 0.356 e. The molecule has 0 N–H and O–H groups in total. The van der Waals surface area contributed by atoms with Crippen molar-refractivity contribution in [2.75, 3.05) is 31.5 Å². The van der Waals surface area contributed by atoms with Crippen LogP contribution in [0.1, 0.15) is 39.5 Å². The highest BCUT2D eigenvalue weighted by Crippen LogP contribution is 2.35. The molecule has 1 heterocycles. The van der Waals surface area contributed by atoms with Crippen LogP contribution in [0.4, 0.5) is 0 Å². The molecule has 24 heavy (non-hydrogen) atoms. The number of rotatable bonds is 12. The predicted molar refractivity (Wildman–Crippen MR) is 115 cm³/mol. The molecule has 1 rings (SSSR count). The van der Waals surface area contributed by atoms with Gasteiger partial charge in [0.1, 0.15) is 6.79 Å². The molecular weight excluding hydrogens is 352 g/mol. The molecule has 0 aromatic rings. The third-order valence-electron chi connectivity index (χ3n) is 4.14. The van der Waals surface area contributed by atoms with Gasteiger partial charge in [0, 0.05) is 14.7 Å². The molecular formula is C19H38O2S2Si. The van der Waals surface area contributed by atoms with Gasteiger partial charge in [-0.25, -0.2) is 0 Å². The second kappa shape index (κ2) is 12.9. The molecule has 0 spiro atoms. The maximum atomic E-state index is 5.61. The first-order valence-electron chi connectivity index (χ1n) is 9.41. The van der Waals surface area contributed by atoms with Crippen LogP contribution in [-0.4, -0.2) is 44.2 Å². The van der Waals surface area contributed by atoms with E-state index in [2.05, 4.69) is 63.1 Å². The summed E-state index contributed by atoms with van der Waals surface area (Å²) in [4.78, 5) is 0. The van der Waals surface area contributed by atoms with Crippen LogP contribution in [0.5, 0.6) is 0 Å². The average molecular weight is 391 g/mol. The lowest BCUT2D eigenvalue weighted by Gasteiger charge is -2.23. The predicted octanol–water partition coefficient (Wildman–Crippen LogP) is 6.26. The van der Waals surface area contributed by atoms with Gasteiger partial charge in [-0.2, -0.15) is 0 Å². The molecule has 1 aliphatic rings. The Morgan fingerprint density at radius 1 is 1.21 bits per heavy atom. The molecule has 0 amide bonds. The molecule has 0 unspecified atom stereocenters. The molecule has 0 aliphatic carbocycles. The number of ether oxygens (including phenoxy) is 2. The van der Waals surface area contributed by atoms with Crippen LogP contribution >= 0.6 is 23.5 Å². The summed E-state index contributed by atoms with van der Waals surface area (Å²) in [5.74, 6) is 3.55. The first-order valence-corrected chi connectivity index (χ1v) is 15.2. The Morgan fingerprint density at radius 3 is 2.58 bits per heavy atom. The zero-order chi connectivity index (χ0) is 17.8. The van der Waals surface area contributed by atoms with Gasteiger partial charge in [-0.1, -0.05) is 38.2 Å². The van der Waals surface area contributed by atoms with Gasteiger partial charge in [0.15, 0.2) is 0 Å². The maximum absolute atomic E-state index is 5.61. The van der Waals surface area contributed by atoms with E-state index in [0.717, 1.165) is 17.1 Å². The molecule has 0 saturated carbocycles. The van der Waals surface area contributed by atoms with Crippen molar-refractivity contribution in [2.45, 2.75) is 69.8 Å². The molecule has 0 bridgehead atoms. The first kappa shape index (κ1) is 22.6. The number of hydrogen-bond acceptors (Lipinski definition) is 4. The fourth-order valence-electron chi connectivity index (χ4n) is 2.49. The van der Waals surface area contributed by atoms with Crippen molar-refractivity contribution < 1.29 is 9.47 Å². The van der Waals surface area contributed by atoms with Gasteiger partial charge in [-0.05, 0) is 56.1 Å². The summed E-state index contributed by atoms with van der Waals surface area (Å²) in [6, 6.07) is 1.21. The van der Waals surface area contributed by atoms with E-state index in [0.29, 0.717) is 13.4 Å². The summed E-state index contributed by atoms with van der Waals surface area (Å²) in [6.07, 6.45) is 7.57. The first-order chi connectivity index (χ1) is 11.4. The monoisotopic (exact) mass is 390 g/mol. The Balaban J connectivity index is 2.01. The fourth-order valence-corrected chi connectivity index (χ4v) is 6.47. The zero-order valence-electron chi connectivity index (χ0n) is 16.4. The molecule has 0 aromatic heterocycles. The maximum Gasteiger partial charge on any atom is 0.147 e. The standard InChI is InChI=1S/C19H38O2S2Si/c1-17(14-19-22-11-7-12-23-19)8-6-9-18(2)15-21-16-20-10-13-24(3,4)5/h9,17,19H,6-8,10-16H2,1-5H3/b18-9+/t17-/m0/s1. The van der Waals surface area contributed by atoms with Gasteiger partial charge < -0.3 is 9.47 Å². The van der Waals surface area contributed by atoms with Crippen molar-refractivity contribution in [1.82, 2.24) is 0 Å². The van der Waals surface area contributed by atoms with Crippen LogP contribution in [0.3, 0.4) is 0 Å².